The predicted molar refractivity (Wildman–Crippen MR) is 107 cm³/mol. The third-order valence-electron chi connectivity index (χ3n) is 4.70. The molecule has 0 saturated heterocycles. The number of benzene rings is 2. The minimum absolute atomic E-state index is 0.0618. The largest absolute Gasteiger partial charge is 0.479 e. The minimum atomic E-state index is -0.644. The molecule has 1 unspecified atom stereocenters. The van der Waals surface area contributed by atoms with Crippen LogP contribution in [0.25, 0.3) is 0 Å². The Labute approximate surface area is 174 Å². The van der Waals surface area contributed by atoms with Crippen LogP contribution in [0.2, 0.25) is 0 Å². The van der Waals surface area contributed by atoms with Crippen LogP contribution in [-0.2, 0) is 25.7 Å². The molecule has 1 atom stereocenters. The van der Waals surface area contributed by atoms with E-state index in [0.29, 0.717) is 17.0 Å². The molecular formula is C22H23FN2O5. The Morgan fingerprint density at radius 3 is 2.73 bits per heavy atom. The van der Waals surface area contributed by atoms with E-state index in [2.05, 4.69) is 0 Å². The maximum Gasteiger partial charge on any atom is 0.308 e. The average molecular weight is 414 g/mol. The molecule has 7 nitrogen and oxygen atoms in total. The molecule has 0 aromatic heterocycles. The Hall–Kier alpha value is -3.42. The van der Waals surface area contributed by atoms with Crippen molar-refractivity contribution in [2.45, 2.75) is 26.0 Å². The van der Waals surface area contributed by atoms with Gasteiger partial charge in [0.1, 0.15) is 11.6 Å². The molecule has 0 spiro atoms. The number of para-hydroxylation sites is 2. The zero-order chi connectivity index (χ0) is 21.7. The first-order chi connectivity index (χ1) is 14.3. The number of halogens is 1. The normalized spacial score (nSPS) is 15.2. The fourth-order valence-corrected chi connectivity index (χ4v) is 3.11. The number of fused-ring (bicyclic) bond motifs is 1. The Balaban J connectivity index is 1.49. The predicted octanol–water partition coefficient (Wildman–Crippen LogP) is 2.53. The summed E-state index contributed by atoms with van der Waals surface area (Å²) in [7, 11) is 1.55. The lowest BCUT2D eigenvalue weighted by Crippen LogP contribution is -2.45. The highest BCUT2D eigenvalue weighted by Crippen LogP contribution is 2.33. The number of esters is 1. The van der Waals surface area contributed by atoms with Crippen LogP contribution in [-0.4, -0.2) is 49.0 Å². The van der Waals surface area contributed by atoms with Gasteiger partial charge in [-0.2, -0.15) is 0 Å². The molecule has 0 N–H and O–H groups in total. The van der Waals surface area contributed by atoms with Crippen molar-refractivity contribution in [1.29, 1.82) is 0 Å². The van der Waals surface area contributed by atoms with Crippen molar-refractivity contribution >= 4 is 23.5 Å². The number of hydrogen-bond acceptors (Lipinski definition) is 5. The minimum Gasteiger partial charge on any atom is -0.479 e. The number of hydrogen-bond donors (Lipinski definition) is 0. The topological polar surface area (TPSA) is 76.2 Å². The summed E-state index contributed by atoms with van der Waals surface area (Å²) in [5.74, 6) is -1.05. The molecule has 0 saturated carbocycles. The van der Waals surface area contributed by atoms with Gasteiger partial charge < -0.3 is 19.3 Å². The number of amides is 2. The van der Waals surface area contributed by atoms with Gasteiger partial charge in [-0.15, -0.1) is 0 Å². The van der Waals surface area contributed by atoms with E-state index in [-0.39, 0.29) is 31.2 Å². The second-order valence-corrected chi connectivity index (χ2v) is 7.01. The molecule has 0 fully saturated rings. The summed E-state index contributed by atoms with van der Waals surface area (Å²) >= 11 is 0. The molecule has 30 heavy (non-hydrogen) atoms. The fourth-order valence-electron chi connectivity index (χ4n) is 3.11. The van der Waals surface area contributed by atoms with E-state index in [1.807, 2.05) is 0 Å². The smallest absolute Gasteiger partial charge is 0.308 e. The molecule has 2 aromatic carbocycles. The molecule has 3 rings (SSSR count). The summed E-state index contributed by atoms with van der Waals surface area (Å²) in [4.78, 5) is 39.5. The summed E-state index contributed by atoms with van der Waals surface area (Å²) in [5, 5.41) is 0. The van der Waals surface area contributed by atoms with Crippen LogP contribution in [0.4, 0.5) is 10.1 Å². The third-order valence-corrected chi connectivity index (χ3v) is 4.70. The summed E-state index contributed by atoms with van der Waals surface area (Å²) < 4.78 is 23.9. The molecule has 1 aliphatic rings. The summed E-state index contributed by atoms with van der Waals surface area (Å²) in [5.41, 5.74) is 1.23. The molecule has 0 bridgehead atoms. The number of nitrogens with zero attached hydrogens (tertiary/aromatic N) is 2. The Kier molecular flexibility index (Phi) is 6.66. The quantitative estimate of drug-likeness (QED) is 0.651. The Morgan fingerprint density at radius 2 is 1.97 bits per heavy atom. The second-order valence-electron chi connectivity index (χ2n) is 7.01. The maximum atomic E-state index is 13.2. The first kappa shape index (κ1) is 21.3. The van der Waals surface area contributed by atoms with Crippen molar-refractivity contribution in [2.75, 3.05) is 25.1 Å². The number of anilines is 1. The highest BCUT2D eigenvalue weighted by molar-refractivity contribution is 6.00. The lowest BCUT2D eigenvalue weighted by atomic mass is 10.2. The third kappa shape index (κ3) is 5.14. The van der Waals surface area contributed by atoms with Gasteiger partial charge in [-0.3, -0.25) is 14.4 Å². The van der Waals surface area contributed by atoms with Gasteiger partial charge in [0.15, 0.2) is 12.7 Å². The van der Waals surface area contributed by atoms with Gasteiger partial charge >= 0.3 is 5.97 Å². The van der Waals surface area contributed by atoms with E-state index >= 15 is 0 Å². The van der Waals surface area contributed by atoms with Crippen molar-refractivity contribution in [3.63, 3.8) is 0 Å². The molecule has 8 heteroatoms. The molecule has 2 amide bonds. The van der Waals surface area contributed by atoms with Crippen LogP contribution in [0.3, 0.4) is 0 Å². The number of likely N-dealkylation sites (N-methyl/N-ethyl adjacent to an activating group) is 1. The summed E-state index contributed by atoms with van der Waals surface area (Å²) in [6.07, 6.45) is -0.706. The van der Waals surface area contributed by atoms with E-state index in [0.717, 1.165) is 0 Å². The fraction of sp³-hybridized carbons (Fsp3) is 0.318. The average Bonchev–Trinajstić information content (AvgIpc) is 2.72. The standard InChI is InChI=1S/C22H23FN2O5/c1-15-22(28)25(18-8-3-4-9-19(18)30-15)11-10-21(27)29-14-20(26)24(2)13-16-6-5-7-17(23)12-16/h3-9,12,15H,10-11,13-14H2,1-2H3. The van der Waals surface area contributed by atoms with Crippen molar-refractivity contribution in [3.05, 3.63) is 59.9 Å². The number of ether oxygens (including phenoxy) is 2. The van der Waals surface area contributed by atoms with Crippen LogP contribution in [0.5, 0.6) is 5.75 Å². The van der Waals surface area contributed by atoms with Crippen LogP contribution >= 0.6 is 0 Å². The Morgan fingerprint density at radius 1 is 1.20 bits per heavy atom. The molecular weight excluding hydrogens is 391 g/mol. The molecule has 158 valence electrons. The van der Waals surface area contributed by atoms with E-state index in [1.54, 1.807) is 50.4 Å². The number of carbonyl (C=O) groups is 3. The highest BCUT2D eigenvalue weighted by Gasteiger charge is 2.31. The van der Waals surface area contributed by atoms with Crippen LogP contribution in [0, 0.1) is 5.82 Å². The van der Waals surface area contributed by atoms with Crippen molar-refractivity contribution < 1.29 is 28.2 Å². The zero-order valence-corrected chi connectivity index (χ0v) is 16.8. The van der Waals surface area contributed by atoms with Gasteiger partial charge in [-0.1, -0.05) is 24.3 Å². The summed E-state index contributed by atoms with van der Waals surface area (Å²) in [6, 6.07) is 13.0. The van der Waals surface area contributed by atoms with Gasteiger partial charge in [0, 0.05) is 20.1 Å². The van der Waals surface area contributed by atoms with Gasteiger partial charge in [-0.25, -0.2) is 4.39 Å². The van der Waals surface area contributed by atoms with E-state index in [1.165, 1.54) is 21.9 Å². The number of rotatable bonds is 7. The van der Waals surface area contributed by atoms with Gasteiger partial charge in [-0.05, 0) is 36.8 Å². The molecule has 0 aliphatic carbocycles. The number of carbonyl (C=O) groups excluding carboxylic acids is 3. The maximum absolute atomic E-state index is 13.2. The van der Waals surface area contributed by atoms with Gasteiger partial charge in [0.25, 0.3) is 11.8 Å². The molecule has 1 heterocycles. The molecule has 2 aromatic rings. The first-order valence-corrected chi connectivity index (χ1v) is 9.56. The van der Waals surface area contributed by atoms with Crippen molar-refractivity contribution in [3.8, 4) is 5.75 Å². The van der Waals surface area contributed by atoms with Gasteiger partial charge in [0.05, 0.1) is 12.1 Å². The van der Waals surface area contributed by atoms with E-state index in [4.69, 9.17) is 9.47 Å². The molecule has 1 aliphatic heterocycles. The van der Waals surface area contributed by atoms with E-state index in [9.17, 15) is 18.8 Å². The van der Waals surface area contributed by atoms with Gasteiger partial charge in [0.2, 0.25) is 0 Å². The van der Waals surface area contributed by atoms with Crippen molar-refractivity contribution in [1.82, 2.24) is 4.90 Å². The second kappa shape index (κ2) is 9.39. The zero-order valence-electron chi connectivity index (χ0n) is 16.8. The van der Waals surface area contributed by atoms with Crippen molar-refractivity contribution in [2.24, 2.45) is 0 Å². The van der Waals surface area contributed by atoms with Crippen LogP contribution in [0.15, 0.2) is 48.5 Å². The first-order valence-electron chi connectivity index (χ1n) is 9.56. The lowest BCUT2D eigenvalue weighted by molar-refractivity contribution is -0.151. The van der Waals surface area contributed by atoms with E-state index < -0.39 is 24.6 Å². The Bertz CT molecular complexity index is 949. The monoisotopic (exact) mass is 414 g/mol. The highest BCUT2D eigenvalue weighted by atomic mass is 19.1. The lowest BCUT2D eigenvalue weighted by Gasteiger charge is -2.32. The summed E-state index contributed by atoms with van der Waals surface area (Å²) in [6.45, 7) is 1.55. The van der Waals surface area contributed by atoms with Crippen LogP contribution in [0.1, 0.15) is 18.9 Å². The molecule has 0 radical (unpaired) electrons. The SMILES string of the molecule is CC1Oc2ccccc2N(CCC(=O)OCC(=O)N(C)Cc2cccc(F)c2)C1=O. The van der Waals surface area contributed by atoms with Crippen LogP contribution < -0.4 is 9.64 Å².